The van der Waals surface area contributed by atoms with Gasteiger partial charge < -0.3 is 14.5 Å². The van der Waals surface area contributed by atoms with E-state index in [0.717, 1.165) is 5.56 Å². The van der Waals surface area contributed by atoms with Crippen LogP contribution in [0.15, 0.2) is 100 Å². The van der Waals surface area contributed by atoms with E-state index in [9.17, 15) is 9.18 Å². The number of carbonyl (C=O) groups excluding carboxylic acids is 1. The Bertz CT molecular complexity index is 1360. The van der Waals surface area contributed by atoms with Crippen LogP contribution in [0.3, 0.4) is 0 Å². The first kappa shape index (κ1) is 19.4. The second-order valence-electron chi connectivity index (χ2n) is 6.96. The highest BCUT2D eigenvalue weighted by atomic mass is 19.1. The molecule has 156 valence electrons. The van der Waals surface area contributed by atoms with E-state index in [4.69, 9.17) is 9.15 Å². The number of amidine groups is 1. The first-order chi connectivity index (χ1) is 15.6. The van der Waals surface area contributed by atoms with Crippen LogP contribution in [0.1, 0.15) is 11.3 Å². The van der Waals surface area contributed by atoms with E-state index < -0.39 is 0 Å². The monoisotopic (exact) mass is 425 g/mol. The van der Waals surface area contributed by atoms with Crippen molar-refractivity contribution >= 4 is 17.8 Å². The summed E-state index contributed by atoms with van der Waals surface area (Å²) in [5.74, 6) is 1.52. The topological polar surface area (TPSA) is 76.7 Å². The van der Waals surface area contributed by atoms with E-state index in [1.807, 2.05) is 24.3 Å². The van der Waals surface area contributed by atoms with Crippen LogP contribution in [-0.4, -0.2) is 16.7 Å². The second kappa shape index (κ2) is 8.31. The molecule has 0 spiro atoms. The lowest BCUT2D eigenvalue weighted by molar-refractivity contribution is -0.115. The molecule has 0 radical (unpaired) electrons. The van der Waals surface area contributed by atoms with E-state index in [1.54, 1.807) is 54.7 Å². The SMILES string of the molecule is O=C1NC(c2ccc(-c3cccc(F)c3)o2)=N/C1=C\c1cccc(Oc2ccccn2)c1. The average molecular weight is 425 g/mol. The molecule has 1 aliphatic heterocycles. The third-order valence-electron chi connectivity index (χ3n) is 4.67. The van der Waals surface area contributed by atoms with Crippen LogP contribution in [0.4, 0.5) is 4.39 Å². The number of nitrogens with zero attached hydrogens (tertiary/aromatic N) is 2. The molecule has 0 atom stereocenters. The molecule has 1 N–H and O–H groups in total. The fraction of sp³-hybridized carbons (Fsp3) is 0. The highest BCUT2D eigenvalue weighted by Crippen LogP contribution is 2.25. The summed E-state index contributed by atoms with van der Waals surface area (Å²) in [4.78, 5) is 20.9. The number of hydrogen-bond acceptors (Lipinski definition) is 5. The minimum absolute atomic E-state index is 0.235. The van der Waals surface area contributed by atoms with Gasteiger partial charge in [-0.1, -0.05) is 30.3 Å². The van der Waals surface area contributed by atoms with Crippen LogP contribution < -0.4 is 10.1 Å². The molecule has 0 fully saturated rings. The van der Waals surface area contributed by atoms with Crippen molar-refractivity contribution in [3.05, 3.63) is 108 Å². The van der Waals surface area contributed by atoms with Crippen molar-refractivity contribution in [2.75, 3.05) is 0 Å². The summed E-state index contributed by atoms with van der Waals surface area (Å²) in [5, 5.41) is 2.70. The van der Waals surface area contributed by atoms with E-state index in [2.05, 4.69) is 15.3 Å². The molecule has 0 unspecified atom stereocenters. The number of aromatic nitrogens is 1. The summed E-state index contributed by atoms with van der Waals surface area (Å²) in [6.07, 6.45) is 3.30. The number of aliphatic imine (C=N–C) groups is 1. The van der Waals surface area contributed by atoms with Gasteiger partial charge in [-0.05, 0) is 54.1 Å². The molecule has 32 heavy (non-hydrogen) atoms. The average Bonchev–Trinajstić information content (AvgIpc) is 3.42. The van der Waals surface area contributed by atoms with Crippen LogP contribution in [0.2, 0.25) is 0 Å². The van der Waals surface area contributed by atoms with Gasteiger partial charge in [-0.15, -0.1) is 0 Å². The van der Waals surface area contributed by atoms with Gasteiger partial charge in [-0.25, -0.2) is 14.4 Å². The first-order valence-corrected chi connectivity index (χ1v) is 9.81. The zero-order valence-electron chi connectivity index (χ0n) is 16.7. The predicted molar refractivity (Wildman–Crippen MR) is 118 cm³/mol. The molecule has 2 aromatic heterocycles. The van der Waals surface area contributed by atoms with Crippen molar-refractivity contribution in [3.63, 3.8) is 0 Å². The summed E-state index contributed by atoms with van der Waals surface area (Å²) in [6.45, 7) is 0. The van der Waals surface area contributed by atoms with Gasteiger partial charge in [-0.3, -0.25) is 4.79 Å². The van der Waals surface area contributed by atoms with Crippen molar-refractivity contribution < 1.29 is 18.3 Å². The minimum Gasteiger partial charge on any atom is -0.453 e. The van der Waals surface area contributed by atoms with Gasteiger partial charge in [0.25, 0.3) is 5.91 Å². The summed E-state index contributed by atoms with van der Waals surface area (Å²) in [6, 6.07) is 22.1. The summed E-state index contributed by atoms with van der Waals surface area (Å²) in [7, 11) is 0. The van der Waals surface area contributed by atoms with E-state index in [0.29, 0.717) is 34.5 Å². The Morgan fingerprint density at radius 3 is 2.66 bits per heavy atom. The molecule has 2 aromatic carbocycles. The number of furan rings is 1. The Kier molecular flexibility index (Phi) is 5.05. The second-order valence-corrected chi connectivity index (χ2v) is 6.96. The van der Waals surface area contributed by atoms with Crippen LogP contribution in [0.5, 0.6) is 11.6 Å². The first-order valence-electron chi connectivity index (χ1n) is 9.81. The fourth-order valence-electron chi connectivity index (χ4n) is 3.20. The standard InChI is InChI=1S/C25H16FN3O3/c26-18-7-4-6-17(15-18)21-10-11-22(32-21)24-28-20(25(30)29-24)14-16-5-3-8-19(13-16)31-23-9-1-2-12-27-23/h1-15H,(H,28,29,30)/b20-14-. The molecular weight excluding hydrogens is 409 g/mol. The van der Waals surface area contributed by atoms with Gasteiger partial charge in [0.05, 0.1) is 0 Å². The minimum atomic E-state index is -0.355. The number of ether oxygens (including phenoxy) is 1. The van der Waals surface area contributed by atoms with Crippen LogP contribution in [0.25, 0.3) is 17.4 Å². The number of halogens is 1. The summed E-state index contributed by atoms with van der Waals surface area (Å²) >= 11 is 0. The third kappa shape index (κ3) is 4.17. The van der Waals surface area contributed by atoms with Crippen molar-refractivity contribution in [3.8, 4) is 23.0 Å². The maximum absolute atomic E-state index is 13.5. The highest BCUT2D eigenvalue weighted by molar-refractivity contribution is 6.19. The quantitative estimate of drug-likeness (QED) is 0.447. The van der Waals surface area contributed by atoms with E-state index >= 15 is 0 Å². The Balaban J connectivity index is 1.38. The highest BCUT2D eigenvalue weighted by Gasteiger charge is 2.23. The Labute approximate surface area is 182 Å². The maximum Gasteiger partial charge on any atom is 0.275 e. The number of carbonyl (C=O) groups is 1. The predicted octanol–water partition coefficient (Wildman–Crippen LogP) is 5.19. The molecule has 6 nitrogen and oxygen atoms in total. The van der Waals surface area contributed by atoms with Crippen LogP contribution >= 0.6 is 0 Å². The third-order valence-corrected chi connectivity index (χ3v) is 4.67. The molecule has 5 rings (SSSR count). The van der Waals surface area contributed by atoms with Gasteiger partial charge in [-0.2, -0.15) is 0 Å². The Morgan fingerprint density at radius 1 is 0.938 bits per heavy atom. The van der Waals surface area contributed by atoms with E-state index in [1.165, 1.54) is 12.1 Å². The van der Waals surface area contributed by atoms with Gasteiger partial charge in [0.2, 0.25) is 5.88 Å². The summed E-state index contributed by atoms with van der Waals surface area (Å²) < 4.78 is 25.0. The Hall–Kier alpha value is -4.52. The van der Waals surface area contributed by atoms with Gasteiger partial charge >= 0.3 is 0 Å². The summed E-state index contributed by atoms with van der Waals surface area (Å²) in [5.41, 5.74) is 1.58. The normalized spacial score (nSPS) is 14.3. The van der Waals surface area contributed by atoms with Gasteiger partial charge in [0.1, 0.15) is 23.0 Å². The maximum atomic E-state index is 13.5. The molecule has 0 saturated heterocycles. The molecule has 4 aromatic rings. The molecule has 0 bridgehead atoms. The smallest absolute Gasteiger partial charge is 0.275 e. The number of rotatable bonds is 5. The number of amides is 1. The molecule has 1 amide bonds. The Morgan fingerprint density at radius 2 is 1.81 bits per heavy atom. The zero-order chi connectivity index (χ0) is 21.9. The molecule has 0 aliphatic carbocycles. The lowest BCUT2D eigenvalue weighted by Gasteiger charge is -2.04. The molecular formula is C25H16FN3O3. The fourth-order valence-corrected chi connectivity index (χ4v) is 3.20. The number of pyridine rings is 1. The lowest BCUT2D eigenvalue weighted by Crippen LogP contribution is -2.24. The molecule has 7 heteroatoms. The zero-order valence-corrected chi connectivity index (χ0v) is 16.7. The van der Waals surface area contributed by atoms with Gasteiger partial charge in [0.15, 0.2) is 11.6 Å². The number of nitrogens with one attached hydrogen (secondary N) is 1. The van der Waals surface area contributed by atoms with Crippen molar-refractivity contribution in [1.29, 1.82) is 0 Å². The lowest BCUT2D eigenvalue weighted by atomic mass is 10.2. The van der Waals surface area contributed by atoms with E-state index in [-0.39, 0.29) is 17.4 Å². The number of benzene rings is 2. The van der Waals surface area contributed by atoms with Crippen LogP contribution in [-0.2, 0) is 4.79 Å². The van der Waals surface area contributed by atoms with Crippen molar-refractivity contribution in [2.24, 2.45) is 4.99 Å². The van der Waals surface area contributed by atoms with Crippen molar-refractivity contribution in [2.45, 2.75) is 0 Å². The van der Waals surface area contributed by atoms with Crippen molar-refractivity contribution in [1.82, 2.24) is 10.3 Å². The molecule has 3 heterocycles. The van der Waals surface area contributed by atoms with Gasteiger partial charge in [0, 0.05) is 17.8 Å². The number of hydrogen-bond donors (Lipinski definition) is 1. The largest absolute Gasteiger partial charge is 0.453 e. The molecule has 1 aliphatic rings. The molecule has 0 saturated carbocycles. The van der Waals surface area contributed by atoms with Crippen LogP contribution in [0, 0.1) is 5.82 Å².